The van der Waals surface area contributed by atoms with Crippen LogP contribution in [0.1, 0.15) is 50.3 Å². The summed E-state index contributed by atoms with van der Waals surface area (Å²) in [5.41, 5.74) is 3.43. The number of guanidine groups is 1. The number of carbonyl (C=O) groups is 2. The average Bonchev–Trinajstić information content (AvgIpc) is 3.27. The SMILES string of the molecule is CCCCOc1ccc(CC2/C(=C/c3ccc(OC)cc3)N(C(=O)OCc3ccccc3)C(=NC(=O)C(C)C)N2C)cc1. The number of methoxy groups -OCH3 is 1. The van der Waals surface area contributed by atoms with Crippen molar-refractivity contribution in [2.75, 3.05) is 20.8 Å². The standard InChI is InChI=1S/C35H41N3O5/c1-6-7-21-42-30-19-15-26(16-20-30)22-31-32(23-27-13-17-29(41-5)18-14-27)38(34(37(31)4)36-33(39)25(2)3)35(40)43-24-28-11-9-8-10-12-28/h8-20,23,25,31H,6-7,21-22,24H2,1-5H3/b32-23-,36-34?. The maximum atomic E-state index is 13.8. The summed E-state index contributed by atoms with van der Waals surface area (Å²) < 4.78 is 17.0. The molecule has 2 amide bonds. The van der Waals surface area contributed by atoms with E-state index in [0.29, 0.717) is 18.7 Å². The van der Waals surface area contributed by atoms with Gasteiger partial charge in [-0.05, 0) is 59.9 Å². The molecule has 0 aliphatic carbocycles. The number of aliphatic imine (C=N–C) groups is 1. The van der Waals surface area contributed by atoms with Gasteiger partial charge in [-0.2, -0.15) is 4.99 Å². The molecule has 1 heterocycles. The first-order valence-electron chi connectivity index (χ1n) is 14.7. The predicted molar refractivity (Wildman–Crippen MR) is 169 cm³/mol. The number of amides is 2. The van der Waals surface area contributed by atoms with Gasteiger partial charge in [0.25, 0.3) is 5.91 Å². The molecule has 0 saturated carbocycles. The average molecular weight is 584 g/mol. The Morgan fingerprint density at radius 2 is 1.60 bits per heavy atom. The molecule has 0 radical (unpaired) electrons. The topological polar surface area (TPSA) is 80.7 Å². The number of carbonyl (C=O) groups excluding carboxylic acids is 2. The molecule has 1 unspecified atom stereocenters. The predicted octanol–water partition coefficient (Wildman–Crippen LogP) is 6.95. The highest BCUT2D eigenvalue weighted by Crippen LogP contribution is 2.32. The molecule has 4 rings (SSSR count). The third kappa shape index (κ3) is 8.25. The van der Waals surface area contributed by atoms with Crippen molar-refractivity contribution in [3.63, 3.8) is 0 Å². The van der Waals surface area contributed by atoms with Gasteiger partial charge < -0.3 is 19.1 Å². The van der Waals surface area contributed by atoms with Crippen molar-refractivity contribution in [3.05, 3.63) is 101 Å². The van der Waals surface area contributed by atoms with Crippen molar-refractivity contribution in [2.24, 2.45) is 10.9 Å². The van der Waals surface area contributed by atoms with E-state index in [1.165, 1.54) is 4.90 Å². The molecule has 226 valence electrons. The van der Waals surface area contributed by atoms with Crippen LogP contribution in [0, 0.1) is 5.92 Å². The minimum Gasteiger partial charge on any atom is -0.497 e. The van der Waals surface area contributed by atoms with Crippen LogP contribution < -0.4 is 9.47 Å². The third-order valence-corrected chi connectivity index (χ3v) is 7.22. The summed E-state index contributed by atoms with van der Waals surface area (Å²) in [7, 11) is 3.47. The minimum atomic E-state index is -0.604. The molecule has 8 heteroatoms. The van der Waals surface area contributed by atoms with E-state index < -0.39 is 6.09 Å². The summed E-state index contributed by atoms with van der Waals surface area (Å²) in [5, 5.41) is 0. The number of likely N-dealkylation sites (N-methyl/N-ethyl adjacent to an activating group) is 1. The van der Waals surface area contributed by atoms with Crippen molar-refractivity contribution >= 4 is 24.0 Å². The van der Waals surface area contributed by atoms with Gasteiger partial charge >= 0.3 is 6.09 Å². The molecule has 0 bridgehead atoms. The fourth-order valence-electron chi connectivity index (χ4n) is 4.64. The van der Waals surface area contributed by atoms with E-state index >= 15 is 0 Å². The Kier molecular flexibility index (Phi) is 11.0. The van der Waals surface area contributed by atoms with Crippen molar-refractivity contribution in [3.8, 4) is 11.5 Å². The van der Waals surface area contributed by atoms with Crippen LogP contribution in [0.25, 0.3) is 6.08 Å². The van der Waals surface area contributed by atoms with Crippen LogP contribution in [0.2, 0.25) is 0 Å². The summed E-state index contributed by atoms with van der Waals surface area (Å²) in [6.45, 7) is 6.48. The van der Waals surface area contributed by atoms with Gasteiger partial charge in [0.05, 0.1) is 25.5 Å². The molecular formula is C35H41N3O5. The Bertz CT molecular complexity index is 1420. The van der Waals surface area contributed by atoms with E-state index in [0.717, 1.165) is 41.0 Å². The molecule has 1 aliphatic heterocycles. The Morgan fingerprint density at radius 3 is 2.23 bits per heavy atom. The molecule has 3 aromatic carbocycles. The van der Waals surface area contributed by atoms with Gasteiger partial charge in [-0.25, -0.2) is 9.69 Å². The van der Waals surface area contributed by atoms with Gasteiger partial charge in [0.15, 0.2) is 0 Å². The number of ether oxygens (including phenoxy) is 3. The van der Waals surface area contributed by atoms with Gasteiger partial charge in [0.1, 0.15) is 18.1 Å². The van der Waals surface area contributed by atoms with E-state index in [9.17, 15) is 9.59 Å². The molecule has 0 aromatic heterocycles. The summed E-state index contributed by atoms with van der Waals surface area (Å²) in [5.74, 6) is 1.13. The summed E-state index contributed by atoms with van der Waals surface area (Å²) >= 11 is 0. The number of unbranched alkanes of at least 4 members (excludes halogenated alkanes) is 1. The highest BCUT2D eigenvalue weighted by atomic mass is 16.6. The van der Waals surface area contributed by atoms with Crippen molar-refractivity contribution in [1.82, 2.24) is 9.80 Å². The monoisotopic (exact) mass is 583 g/mol. The Balaban J connectivity index is 1.72. The zero-order chi connectivity index (χ0) is 30.8. The normalized spacial score (nSPS) is 16.7. The van der Waals surface area contributed by atoms with Crippen molar-refractivity contribution < 1.29 is 23.8 Å². The zero-order valence-corrected chi connectivity index (χ0v) is 25.7. The number of nitrogens with zero attached hydrogens (tertiary/aromatic N) is 3. The molecule has 3 aromatic rings. The maximum absolute atomic E-state index is 13.8. The number of hydrogen-bond acceptors (Lipinski definition) is 5. The molecule has 0 spiro atoms. The fraction of sp³-hybridized carbons (Fsp3) is 0.343. The Labute approximate surface area is 254 Å². The van der Waals surface area contributed by atoms with Crippen LogP contribution in [-0.4, -0.2) is 54.6 Å². The van der Waals surface area contributed by atoms with Crippen LogP contribution in [0.5, 0.6) is 11.5 Å². The van der Waals surface area contributed by atoms with Crippen LogP contribution in [-0.2, 0) is 22.6 Å². The van der Waals surface area contributed by atoms with E-state index in [-0.39, 0.29) is 30.4 Å². The van der Waals surface area contributed by atoms with Gasteiger partial charge in [-0.1, -0.05) is 81.8 Å². The molecule has 1 aliphatic rings. The third-order valence-electron chi connectivity index (χ3n) is 7.22. The van der Waals surface area contributed by atoms with E-state index in [1.807, 2.05) is 96.9 Å². The second-order valence-electron chi connectivity index (χ2n) is 10.8. The summed E-state index contributed by atoms with van der Waals surface area (Å²) in [6, 6.07) is 24.8. The number of hydrogen-bond donors (Lipinski definition) is 0. The highest BCUT2D eigenvalue weighted by Gasteiger charge is 2.43. The van der Waals surface area contributed by atoms with E-state index in [1.54, 1.807) is 21.0 Å². The molecule has 1 fully saturated rings. The molecule has 43 heavy (non-hydrogen) atoms. The first-order chi connectivity index (χ1) is 20.8. The molecule has 1 atom stereocenters. The number of rotatable bonds is 11. The van der Waals surface area contributed by atoms with E-state index in [2.05, 4.69) is 11.9 Å². The lowest BCUT2D eigenvalue weighted by Gasteiger charge is -2.20. The van der Waals surface area contributed by atoms with Crippen molar-refractivity contribution in [2.45, 2.75) is 52.7 Å². The van der Waals surface area contributed by atoms with Gasteiger partial charge in [0, 0.05) is 13.0 Å². The van der Waals surface area contributed by atoms with Crippen molar-refractivity contribution in [1.29, 1.82) is 0 Å². The van der Waals surface area contributed by atoms with Gasteiger partial charge in [-0.3, -0.25) is 4.79 Å². The smallest absolute Gasteiger partial charge is 0.421 e. The lowest BCUT2D eigenvalue weighted by atomic mass is 10.0. The summed E-state index contributed by atoms with van der Waals surface area (Å²) in [4.78, 5) is 34.4. The molecule has 1 saturated heterocycles. The van der Waals surface area contributed by atoms with Crippen LogP contribution in [0.4, 0.5) is 4.79 Å². The van der Waals surface area contributed by atoms with E-state index in [4.69, 9.17) is 14.2 Å². The minimum absolute atomic E-state index is 0.0886. The fourth-order valence-corrected chi connectivity index (χ4v) is 4.64. The lowest BCUT2D eigenvalue weighted by molar-refractivity contribution is -0.120. The molecular weight excluding hydrogens is 542 g/mol. The second kappa shape index (κ2) is 15.0. The lowest BCUT2D eigenvalue weighted by Crippen LogP contribution is -2.37. The Morgan fingerprint density at radius 1 is 0.930 bits per heavy atom. The first kappa shape index (κ1) is 31.3. The van der Waals surface area contributed by atoms with Crippen LogP contribution in [0.15, 0.2) is 89.6 Å². The molecule has 0 N–H and O–H groups in total. The van der Waals surface area contributed by atoms with Gasteiger partial charge in [-0.15, -0.1) is 0 Å². The first-order valence-corrected chi connectivity index (χ1v) is 14.7. The quantitative estimate of drug-likeness (QED) is 0.227. The maximum Gasteiger partial charge on any atom is 0.421 e. The highest BCUT2D eigenvalue weighted by molar-refractivity contribution is 6.05. The van der Waals surface area contributed by atoms with Gasteiger partial charge in [0.2, 0.25) is 5.96 Å². The largest absolute Gasteiger partial charge is 0.497 e. The zero-order valence-electron chi connectivity index (χ0n) is 25.7. The Hall–Kier alpha value is -4.59. The van der Waals surface area contributed by atoms with Crippen LogP contribution in [0.3, 0.4) is 0 Å². The number of benzene rings is 3. The second-order valence-corrected chi connectivity index (χ2v) is 10.8. The summed E-state index contributed by atoms with van der Waals surface area (Å²) in [6.07, 6.45) is 3.97. The molecule has 8 nitrogen and oxygen atoms in total. The van der Waals surface area contributed by atoms with Crippen LogP contribution >= 0.6 is 0 Å².